The number of hydrogen-bond acceptors (Lipinski definition) is 2. The molecule has 2 fully saturated rings. The number of alkyl halides is 1. The van der Waals surface area contributed by atoms with Crippen LogP contribution in [0, 0.1) is 11.8 Å². The number of fused-ring (bicyclic) bond motifs is 2. The first-order valence-corrected chi connectivity index (χ1v) is 4.88. The first-order chi connectivity index (χ1) is 6.18. The molecule has 0 spiro atoms. The molecule has 0 saturated heterocycles. The number of hydrogen-bond donors (Lipinski definition) is 2. The van der Waals surface area contributed by atoms with E-state index < -0.39 is 6.03 Å². The van der Waals surface area contributed by atoms with Gasteiger partial charge in [-0.25, -0.2) is 10.2 Å². The lowest BCUT2D eigenvalue weighted by molar-refractivity contribution is 0.249. The van der Waals surface area contributed by atoms with Gasteiger partial charge in [-0.1, -0.05) is 0 Å². The highest BCUT2D eigenvalue weighted by Gasteiger charge is 2.45. The van der Waals surface area contributed by atoms with Crippen molar-refractivity contribution < 1.29 is 4.79 Å². The zero-order valence-corrected chi connectivity index (χ0v) is 7.92. The number of halogens is 1. The highest BCUT2D eigenvalue weighted by atomic mass is 35.5. The predicted molar refractivity (Wildman–Crippen MR) is 50.6 cm³/mol. The van der Waals surface area contributed by atoms with Crippen LogP contribution in [-0.2, 0) is 0 Å². The molecule has 13 heavy (non-hydrogen) atoms. The minimum Gasteiger partial charge on any atom is -0.350 e. The van der Waals surface area contributed by atoms with Gasteiger partial charge >= 0.3 is 6.03 Å². The molecule has 0 aromatic rings. The fourth-order valence-electron chi connectivity index (χ4n) is 2.28. The molecule has 2 bridgehead atoms. The summed E-state index contributed by atoms with van der Waals surface area (Å²) in [5, 5.41) is 4.18. The monoisotopic (exact) mass is 201 g/mol. The maximum absolute atomic E-state index is 10.4. The average Bonchev–Trinajstić information content (AvgIpc) is 2.58. The van der Waals surface area contributed by atoms with Crippen LogP contribution in [0.3, 0.4) is 0 Å². The van der Waals surface area contributed by atoms with Crippen molar-refractivity contribution in [3.8, 4) is 0 Å². The number of rotatable bonds is 1. The Balaban J connectivity index is 2.04. The molecule has 2 saturated carbocycles. The van der Waals surface area contributed by atoms with Gasteiger partial charge in [0.2, 0.25) is 0 Å². The molecule has 0 heterocycles. The van der Waals surface area contributed by atoms with E-state index in [1.807, 2.05) is 0 Å². The van der Waals surface area contributed by atoms with E-state index in [2.05, 4.69) is 10.5 Å². The SMILES string of the molecule is NC(=O)N/N=C1\C[C@H]2CC[C@@H]1[C@H]2Cl. The van der Waals surface area contributed by atoms with Gasteiger partial charge in [-0.15, -0.1) is 11.6 Å². The zero-order valence-electron chi connectivity index (χ0n) is 7.16. The second-order valence-corrected chi connectivity index (χ2v) is 4.18. The minimum atomic E-state index is -0.610. The Morgan fingerprint density at radius 3 is 2.85 bits per heavy atom. The van der Waals surface area contributed by atoms with Crippen LogP contribution in [-0.4, -0.2) is 17.1 Å². The molecule has 4 nitrogen and oxygen atoms in total. The van der Waals surface area contributed by atoms with Gasteiger partial charge in [-0.05, 0) is 25.2 Å². The maximum Gasteiger partial charge on any atom is 0.332 e. The van der Waals surface area contributed by atoms with Crippen LogP contribution in [0.4, 0.5) is 4.79 Å². The van der Waals surface area contributed by atoms with Gasteiger partial charge in [-0.3, -0.25) is 0 Å². The number of urea groups is 1. The molecule has 0 aromatic heterocycles. The summed E-state index contributed by atoms with van der Waals surface area (Å²) < 4.78 is 0. The molecular weight excluding hydrogens is 190 g/mol. The Morgan fingerprint density at radius 2 is 2.38 bits per heavy atom. The molecule has 2 rings (SSSR count). The lowest BCUT2D eigenvalue weighted by Crippen LogP contribution is -2.27. The first kappa shape index (κ1) is 8.81. The average molecular weight is 202 g/mol. The van der Waals surface area contributed by atoms with Crippen molar-refractivity contribution in [1.82, 2.24) is 5.43 Å². The van der Waals surface area contributed by atoms with Crippen LogP contribution in [0.5, 0.6) is 0 Å². The predicted octanol–water partition coefficient (Wildman–Crippen LogP) is 1.05. The van der Waals surface area contributed by atoms with Crippen molar-refractivity contribution in [2.24, 2.45) is 22.7 Å². The fraction of sp³-hybridized carbons (Fsp3) is 0.750. The summed E-state index contributed by atoms with van der Waals surface area (Å²) in [7, 11) is 0. The van der Waals surface area contributed by atoms with Crippen LogP contribution in [0.15, 0.2) is 5.10 Å². The van der Waals surface area contributed by atoms with Gasteiger partial charge in [0.15, 0.2) is 0 Å². The van der Waals surface area contributed by atoms with E-state index in [1.54, 1.807) is 0 Å². The zero-order chi connectivity index (χ0) is 9.42. The molecule has 0 aromatic carbocycles. The molecule has 72 valence electrons. The highest BCUT2D eigenvalue weighted by Crippen LogP contribution is 2.45. The molecule has 5 heteroatoms. The Kier molecular flexibility index (Phi) is 2.15. The van der Waals surface area contributed by atoms with Crippen molar-refractivity contribution in [2.75, 3.05) is 0 Å². The van der Waals surface area contributed by atoms with E-state index in [1.165, 1.54) is 6.42 Å². The fourth-order valence-corrected chi connectivity index (χ4v) is 2.77. The third kappa shape index (κ3) is 1.50. The third-order valence-corrected chi connectivity index (χ3v) is 3.55. The van der Waals surface area contributed by atoms with Crippen molar-refractivity contribution in [3.05, 3.63) is 0 Å². The number of hydrazone groups is 1. The molecule has 3 N–H and O–H groups in total. The quantitative estimate of drug-likeness (QED) is 0.483. The summed E-state index contributed by atoms with van der Waals surface area (Å²) in [5.74, 6) is 0.915. The van der Waals surface area contributed by atoms with E-state index >= 15 is 0 Å². The number of carbonyl (C=O) groups excluding carboxylic acids is 1. The van der Waals surface area contributed by atoms with Gasteiger partial charge in [0.05, 0.1) is 0 Å². The molecule has 3 atom stereocenters. The van der Waals surface area contributed by atoms with E-state index in [-0.39, 0.29) is 5.38 Å². The summed E-state index contributed by atoms with van der Waals surface area (Å²) in [5.41, 5.74) is 8.18. The van der Waals surface area contributed by atoms with E-state index in [9.17, 15) is 4.79 Å². The molecular formula is C8H12ClN3O. The minimum absolute atomic E-state index is 0.216. The van der Waals surface area contributed by atoms with Gasteiger partial charge in [0, 0.05) is 17.0 Å². The molecule has 2 aliphatic carbocycles. The van der Waals surface area contributed by atoms with Crippen LogP contribution in [0.1, 0.15) is 19.3 Å². The van der Waals surface area contributed by atoms with Gasteiger partial charge in [0.25, 0.3) is 0 Å². The smallest absolute Gasteiger partial charge is 0.332 e. The van der Waals surface area contributed by atoms with Crippen LogP contribution in [0.25, 0.3) is 0 Å². The Hall–Kier alpha value is -0.770. The summed E-state index contributed by atoms with van der Waals surface area (Å²) >= 11 is 6.16. The van der Waals surface area contributed by atoms with E-state index in [0.717, 1.165) is 18.6 Å². The summed E-state index contributed by atoms with van der Waals surface area (Å²) in [6, 6.07) is -0.610. The van der Waals surface area contributed by atoms with E-state index in [4.69, 9.17) is 17.3 Å². The van der Waals surface area contributed by atoms with Crippen molar-refractivity contribution in [1.29, 1.82) is 0 Å². The second kappa shape index (κ2) is 3.18. The van der Waals surface area contributed by atoms with Crippen LogP contribution < -0.4 is 11.2 Å². The number of amides is 2. The number of nitrogens with zero attached hydrogens (tertiary/aromatic N) is 1. The number of nitrogens with one attached hydrogen (secondary N) is 1. The van der Waals surface area contributed by atoms with Gasteiger partial charge < -0.3 is 5.73 Å². The highest BCUT2D eigenvalue weighted by molar-refractivity contribution is 6.24. The number of nitrogens with two attached hydrogens (primary N) is 1. The topological polar surface area (TPSA) is 67.5 Å². The van der Waals surface area contributed by atoms with Crippen LogP contribution in [0.2, 0.25) is 0 Å². The molecule has 2 amide bonds. The third-order valence-electron chi connectivity index (χ3n) is 2.89. The van der Waals surface area contributed by atoms with E-state index in [0.29, 0.717) is 11.8 Å². The standard InChI is InChI=1S/C8H12ClN3O/c9-7-4-1-2-5(7)6(3-4)11-12-8(10)13/h4-5,7H,1-3H2,(H3,10,12,13)/b11-6+/t4-,5+,7+/m1/s1. The van der Waals surface area contributed by atoms with Crippen molar-refractivity contribution in [2.45, 2.75) is 24.6 Å². The Bertz CT molecular complexity index is 266. The molecule has 0 radical (unpaired) electrons. The lowest BCUT2D eigenvalue weighted by Gasteiger charge is -2.10. The normalized spacial score (nSPS) is 39.8. The summed E-state index contributed by atoms with van der Waals surface area (Å²) in [6.07, 6.45) is 3.20. The largest absolute Gasteiger partial charge is 0.350 e. The summed E-state index contributed by atoms with van der Waals surface area (Å²) in [4.78, 5) is 10.4. The number of carbonyl (C=O) groups is 1. The Morgan fingerprint density at radius 1 is 1.62 bits per heavy atom. The lowest BCUT2D eigenvalue weighted by atomic mass is 9.99. The van der Waals surface area contributed by atoms with Gasteiger partial charge in [0.1, 0.15) is 0 Å². The Labute approximate surface area is 81.5 Å². The van der Waals surface area contributed by atoms with Crippen molar-refractivity contribution >= 4 is 23.3 Å². The molecule has 0 unspecified atom stereocenters. The first-order valence-electron chi connectivity index (χ1n) is 4.44. The molecule has 2 aliphatic rings. The second-order valence-electron chi connectivity index (χ2n) is 3.67. The maximum atomic E-state index is 10.4. The summed E-state index contributed by atoms with van der Waals surface area (Å²) in [6.45, 7) is 0. The number of primary amides is 1. The van der Waals surface area contributed by atoms with Gasteiger partial charge in [-0.2, -0.15) is 5.10 Å². The molecule has 0 aliphatic heterocycles. The van der Waals surface area contributed by atoms with Crippen LogP contribution >= 0.6 is 11.6 Å². The van der Waals surface area contributed by atoms with Crippen molar-refractivity contribution in [3.63, 3.8) is 0 Å².